The highest BCUT2D eigenvalue weighted by atomic mass is 16.5. The molecular weight excluding hydrogens is 336 g/mol. The van der Waals surface area contributed by atoms with Crippen molar-refractivity contribution in [2.45, 2.75) is 38.5 Å². The third-order valence-electron chi connectivity index (χ3n) is 5.75. The van der Waals surface area contributed by atoms with Crippen molar-refractivity contribution in [2.75, 3.05) is 33.3 Å². The van der Waals surface area contributed by atoms with Crippen molar-refractivity contribution in [1.29, 1.82) is 0 Å². The maximum atomic E-state index is 5.93. The van der Waals surface area contributed by atoms with Gasteiger partial charge in [0, 0.05) is 37.3 Å². The summed E-state index contributed by atoms with van der Waals surface area (Å²) in [5, 5.41) is 0. The normalized spacial score (nSPS) is 18.9. The van der Waals surface area contributed by atoms with Crippen molar-refractivity contribution in [3.05, 3.63) is 59.7 Å². The molecule has 0 bridgehead atoms. The van der Waals surface area contributed by atoms with Gasteiger partial charge in [0.05, 0.1) is 7.11 Å². The fourth-order valence-electron chi connectivity index (χ4n) is 4.11. The third-order valence-corrected chi connectivity index (χ3v) is 5.75. The van der Waals surface area contributed by atoms with Crippen LogP contribution in [-0.4, -0.2) is 49.1 Å². The maximum Gasteiger partial charge on any atom is 0.127 e. The summed E-state index contributed by atoms with van der Waals surface area (Å²) in [4.78, 5) is 5.19. The van der Waals surface area contributed by atoms with Gasteiger partial charge in [-0.1, -0.05) is 42.8 Å². The van der Waals surface area contributed by atoms with E-state index in [1.807, 2.05) is 24.3 Å². The number of methoxy groups -OCH3 is 1. The van der Waals surface area contributed by atoms with Crippen LogP contribution in [0.25, 0.3) is 0 Å². The summed E-state index contributed by atoms with van der Waals surface area (Å²) in [5.41, 5.74) is 2.41. The summed E-state index contributed by atoms with van der Waals surface area (Å²) in [7, 11) is 1.74. The number of nitrogens with zero attached hydrogens (tertiary/aromatic N) is 2. The average Bonchev–Trinajstić information content (AvgIpc) is 2.70. The molecule has 2 aromatic carbocycles. The fraction of sp³-hybridized carbons (Fsp3) is 0.478. The van der Waals surface area contributed by atoms with Crippen LogP contribution in [0.5, 0.6) is 11.5 Å². The van der Waals surface area contributed by atoms with Crippen LogP contribution >= 0.6 is 0 Å². The van der Waals surface area contributed by atoms with Gasteiger partial charge in [-0.15, -0.1) is 0 Å². The van der Waals surface area contributed by atoms with E-state index in [0.29, 0.717) is 6.61 Å². The van der Waals surface area contributed by atoms with Gasteiger partial charge in [-0.2, -0.15) is 0 Å². The van der Waals surface area contributed by atoms with Crippen molar-refractivity contribution >= 4 is 0 Å². The number of piperidine rings is 1. The van der Waals surface area contributed by atoms with E-state index in [1.165, 1.54) is 56.6 Å². The molecule has 0 radical (unpaired) electrons. The van der Waals surface area contributed by atoms with E-state index in [9.17, 15) is 0 Å². The van der Waals surface area contributed by atoms with Crippen LogP contribution in [0, 0.1) is 0 Å². The second kappa shape index (κ2) is 8.77. The van der Waals surface area contributed by atoms with E-state index >= 15 is 0 Å². The quantitative estimate of drug-likeness (QED) is 0.741. The molecule has 0 aliphatic carbocycles. The Balaban J connectivity index is 1.31. The van der Waals surface area contributed by atoms with Crippen molar-refractivity contribution in [2.24, 2.45) is 0 Å². The molecule has 0 unspecified atom stereocenters. The topological polar surface area (TPSA) is 24.9 Å². The number of ether oxygens (including phenoxy) is 2. The molecule has 0 saturated carbocycles. The van der Waals surface area contributed by atoms with Crippen LogP contribution < -0.4 is 9.47 Å². The third kappa shape index (κ3) is 4.63. The second-order valence-electron chi connectivity index (χ2n) is 7.69. The first-order valence-corrected chi connectivity index (χ1v) is 10.1. The molecule has 4 nitrogen and oxygen atoms in total. The monoisotopic (exact) mass is 366 g/mol. The number of benzene rings is 2. The SMILES string of the molecule is COc1cc(OCc2ccccc2)ccc1CN1CC(N2CCCCC2)C1. The average molecular weight is 367 g/mol. The Bertz CT molecular complexity index is 722. The molecule has 27 heavy (non-hydrogen) atoms. The predicted octanol–water partition coefficient (Wildman–Crippen LogP) is 3.94. The van der Waals surface area contributed by atoms with Crippen molar-refractivity contribution < 1.29 is 9.47 Å². The summed E-state index contributed by atoms with van der Waals surface area (Å²) in [6.07, 6.45) is 4.15. The van der Waals surface area contributed by atoms with Crippen LogP contribution in [-0.2, 0) is 13.2 Å². The second-order valence-corrected chi connectivity index (χ2v) is 7.69. The molecule has 0 amide bonds. The van der Waals surface area contributed by atoms with E-state index < -0.39 is 0 Å². The first-order valence-electron chi connectivity index (χ1n) is 10.1. The Morgan fingerprint density at radius 2 is 1.74 bits per heavy atom. The smallest absolute Gasteiger partial charge is 0.127 e. The van der Waals surface area contributed by atoms with Gasteiger partial charge in [0.15, 0.2) is 0 Å². The lowest BCUT2D eigenvalue weighted by Crippen LogP contribution is -2.59. The highest BCUT2D eigenvalue weighted by molar-refractivity contribution is 5.41. The molecule has 0 spiro atoms. The molecule has 0 aromatic heterocycles. The van der Waals surface area contributed by atoms with Crippen LogP contribution in [0.1, 0.15) is 30.4 Å². The molecule has 2 aliphatic heterocycles. The summed E-state index contributed by atoms with van der Waals surface area (Å²) in [6, 6.07) is 17.2. The fourth-order valence-corrected chi connectivity index (χ4v) is 4.11. The summed E-state index contributed by atoms with van der Waals surface area (Å²) < 4.78 is 11.6. The van der Waals surface area contributed by atoms with Gasteiger partial charge in [0.25, 0.3) is 0 Å². The molecule has 2 fully saturated rings. The highest BCUT2D eigenvalue weighted by Crippen LogP contribution is 2.29. The Labute approximate surface area is 162 Å². The lowest BCUT2D eigenvalue weighted by Gasteiger charge is -2.47. The minimum absolute atomic E-state index is 0.576. The molecule has 2 aromatic rings. The Hall–Kier alpha value is -2.04. The minimum atomic E-state index is 0.576. The number of rotatable bonds is 7. The lowest BCUT2D eigenvalue weighted by molar-refractivity contribution is 0.0182. The van der Waals surface area contributed by atoms with Gasteiger partial charge < -0.3 is 9.47 Å². The molecular formula is C23H30N2O2. The van der Waals surface area contributed by atoms with Gasteiger partial charge in [-0.05, 0) is 37.6 Å². The maximum absolute atomic E-state index is 5.93. The molecule has 0 N–H and O–H groups in total. The first kappa shape index (κ1) is 18.3. The van der Waals surface area contributed by atoms with Gasteiger partial charge in [0.2, 0.25) is 0 Å². The van der Waals surface area contributed by atoms with Gasteiger partial charge in [-0.25, -0.2) is 0 Å². The predicted molar refractivity (Wildman–Crippen MR) is 108 cm³/mol. The Kier molecular flexibility index (Phi) is 5.95. The Morgan fingerprint density at radius 1 is 0.963 bits per heavy atom. The van der Waals surface area contributed by atoms with Crippen LogP contribution in [0.3, 0.4) is 0 Å². The standard InChI is InChI=1S/C23H30N2O2/c1-26-23-14-22(27-18-19-8-4-2-5-9-19)11-10-20(23)15-24-16-21(17-24)25-12-6-3-7-13-25/h2,4-5,8-11,14,21H,3,6-7,12-13,15-18H2,1H3. The number of hydrogen-bond acceptors (Lipinski definition) is 4. The molecule has 2 aliphatic rings. The molecule has 144 valence electrons. The van der Waals surface area contributed by atoms with Crippen molar-refractivity contribution in [3.8, 4) is 11.5 Å². The highest BCUT2D eigenvalue weighted by Gasteiger charge is 2.32. The molecule has 2 heterocycles. The summed E-state index contributed by atoms with van der Waals surface area (Å²) in [6.45, 7) is 6.45. The van der Waals surface area contributed by atoms with E-state index in [-0.39, 0.29) is 0 Å². The molecule has 2 saturated heterocycles. The van der Waals surface area contributed by atoms with Crippen LogP contribution in [0.15, 0.2) is 48.5 Å². The number of hydrogen-bond donors (Lipinski definition) is 0. The van der Waals surface area contributed by atoms with Crippen molar-refractivity contribution in [1.82, 2.24) is 9.80 Å². The zero-order chi connectivity index (χ0) is 18.5. The largest absolute Gasteiger partial charge is 0.496 e. The summed E-state index contributed by atoms with van der Waals surface area (Å²) in [5.74, 6) is 1.77. The summed E-state index contributed by atoms with van der Waals surface area (Å²) >= 11 is 0. The first-order chi connectivity index (χ1) is 13.3. The molecule has 4 heteroatoms. The zero-order valence-electron chi connectivity index (χ0n) is 16.3. The zero-order valence-corrected chi connectivity index (χ0v) is 16.3. The van der Waals surface area contributed by atoms with E-state index in [4.69, 9.17) is 9.47 Å². The van der Waals surface area contributed by atoms with Gasteiger partial charge in [0.1, 0.15) is 18.1 Å². The molecule has 4 rings (SSSR count). The Morgan fingerprint density at radius 3 is 2.48 bits per heavy atom. The molecule has 0 atom stereocenters. The van der Waals surface area contributed by atoms with Crippen LogP contribution in [0.4, 0.5) is 0 Å². The van der Waals surface area contributed by atoms with E-state index in [0.717, 1.165) is 24.1 Å². The van der Waals surface area contributed by atoms with Crippen molar-refractivity contribution in [3.63, 3.8) is 0 Å². The van der Waals surface area contributed by atoms with Gasteiger partial charge >= 0.3 is 0 Å². The minimum Gasteiger partial charge on any atom is -0.496 e. The van der Waals surface area contributed by atoms with E-state index in [2.05, 4.69) is 34.1 Å². The number of likely N-dealkylation sites (tertiary alicyclic amines) is 2. The lowest BCUT2D eigenvalue weighted by atomic mass is 10.0. The van der Waals surface area contributed by atoms with Gasteiger partial charge in [-0.3, -0.25) is 9.80 Å². The van der Waals surface area contributed by atoms with Crippen LogP contribution in [0.2, 0.25) is 0 Å². The van der Waals surface area contributed by atoms with E-state index in [1.54, 1.807) is 7.11 Å².